The van der Waals surface area contributed by atoms with E-state index < -0.39 is 5.97 Å². The fraction of sp³-hybridized carbons (Fsp3) is 0.323. The number of carboxylic acid groups (broad SMARTS) is 1. The first kappa shape index (κ1) is 27.0. The average molecular weight is 491 g/mol. The highest BCUT2D eigenvalue weighted by Gasteiger charge is 2.22. The number of rotatable bonds is 10. The van der Waals surface area contributed by atoms with E-state index >= 15 is 0 Å². The van der Waals surface area contributed by atoms with E-state index in [1.54, 1.807) is 19.2 Å². The number of carboxylic acids is 1. The van der Waals surface area contributed by atoms with Crippen LogP contribution in [0.1, 0.15) is 63.1 Å². The van der Waals surface area contributed by atoms with E-state index in [2.05, 4.69) is 26.8 Å². The van der Waals surface area contributed by atoms with Gasteiger partial charge in [-0.2, -0.15) is 0 Å². The molecule has 5 heteroatoms. The van der Waals surface area contributed by atoms with Crippen molar-refractivity contribution >= 4 is 5.97 Å². The molecule has 4 nitrogen and oxygen atoms in total. The van der Waals surface area contributed by atoms with E-state index in [9.17, 15) is 14.3 Å². The molecule has 0 aliphatic heterocycles. The Morgan fingerprint density at radius 1 is 1.03 bits per heavy atom. The van der Waals surface area contributed by atoms with Crippen LogP contribution in [0.15, 0.2) is 72.8 Å². The van der Waals surface area contributed by atoms with Crippen LogP contribution in [0.3, 0.4) is 0 Å². The second kappa shape index (κ2) is 11.9. The second-order valence-electron chi connectivity index (χ2n) is 9.88. The van der Waals surface area contributed by atoms with Gasteiger partial charge in [0.05, 0.1) is 13.5 Å². The van der Waals surface area contributed by atoms with Crippen LogP contribution in [0, 0.1) is 5.82 Å². The number of halogens is 1. The van der Waals surface area contributed by atoms with Gasteiger partial charge < -0.3 is 14.6 Å². The molecule has 0 amide bonds. The summed E-state index contributed by atoms with van der Waals surface area (Å²) >= 11 is 0. The zero-order valence-electron chi connectivity index (χ0n) is 21.7. The molecule has 1 atom stereocenters. The van der Waals surface area contributed by atoms with Gasteiger partial charge in [0.2, 0.25) is 0 Å². The summed E-state index contributed by atoms with van der Waals surface area (Å²) in [6.07, 6.45) is 4.80. The molecule has 0 saturated carbocycles. The summed E-state index contributed by atoms with van der Waals surface area (Å²) in [7, 11) is 1.57. The third-order valence-electron chi connectivity index (χ3n) is 6.05. The summed E-state index contributed by atoms with van der Waals surface area (Å²) < 4.78 is 26.2. The Bertz CT molecular complexity index is 1220. The Kier molecular flexibility index (Phi) is 8.92. The van der Waals surface area contributed by atoms with Crippen molar-refractivity contribution in [3.05, 3.63) is 95.3 Å². The summed E-state index contributed by atoms with van der Waals surface area (Å²) in [6, 6.07) is 18.3. The number of carbonyl (C=O) groups is 1. The van der Waals surface area contributed by atoms with Gasteiger partial charge in [-0.1, -0.05) is 70.2 Å². The van der Waals surface area contributed by atoms with E-state index in [1.165, 1.54) is 6.07 Å². The third kappa shape index (κ3) is 6.97. The van der Waals surface area contributed by atoms with Gasteiger partial charge in [0.15, 0.2) is 0 Å². The monoisotopic (exact) mass is 490 g/mol. The van der Waals surface area contributed by atoms with E-state index in [-0.39, 0.29) is 23.6 Å². The maximum atomic E-state index is 14.8. The molecule has 0 radical (unpaired) electrons. The Hall–Kier alpha value is -3.60. The van der Waals surface area contributed by atoms with Gasteiger partial charge in [0, 0.05) is 11.5 Å². The van der Waals surface area contributed by atoms with Crippen LogP contribution in [-0.4, -0.2) is 18.2 Å². The van der Waals surface area contributed by atoms with Crippen LogP contribution >= 0.6 is 0 Å². The summed E-state index contributed by atoms with van der Waals surface area (Å²) in [5.74, 6) is -0.0680. The molecule has 0 unspecified atom stereocenters. The van der Waals surface area contributed by atoms with Crippen molar-refractivity contribution in [3.8, 4) is 22.6 Å². The normalized spacial score (nSPS) is 12.5. The third-order valence-corrected chi connectivity index (χ3v) is 6.05. The highest BCUT2D eigenvalue weighted by Crippen LogP contribution is 2.37. The molecule has 1 N–H and O–H groups in total. The molecule has 0 spiro atoms. The topological polar surface area (TPSA) is 55.8 Å². The van der Waals surface area contributed by atoms with Gasteiger partial charge >= 0.3 is 5.97 Å². The minimum absolute atomic E-state index is 0.0250. The quantitative estimate of drug-likeness (QED) is 0.294. The Morgan fingerprint density at radius 3 is 2.47 bits per heavy atom. The van der Waals surface area contributed by atoms with Crippen molar-refractivity contribution in [1.29, 1.82) is 0 Å². The first-order chi connectivity index (χ1) is 17.1. The van der Waals surface area contributed by atoms with Crippen molar-refractivity contribution in [2.45, 2.75) is 58.5 Å². The number of aliphatic carboxylic acids is 1. The smallest absolute Gasteiger partial charge is 0.304 e. The SMILES string of the molecule is CCC=C[C@@H](CC(=O)O)c1cccc(OCc2ccc(-c3cc(OC)ccc3F)c(C(C)(C)C)c2)c1. The molecule has 3 rings (SSSR count). The van der Waals surface area contributed by atoms with Crippen molar-refractivity contribution in [2.24, 2.45) is 0 Å². The van der Waals surface area contributed by atoms with Gasteiger partial charge in [-0.05, 0) is 64.4 Å². The molecule has 0 aliphatic rings. The molecule has 190 valence electrons. The van der Waals surface area contributed by atoms with Crippen LogP contribution in [0.2, 0.25) is 0 Å². The summed E-state index contributed by atoms with van der Waals surface area (Å²) in [5.41, 5.74) is 3.98. The molecule has 0 aromatic heterocycles. The van der Waals surface area contributed by atoms with E-state index in [4.69, 9.17) is 9.47 Å². The van der Waals surface area contributed by atoms with E-state index in [0.717, 1.165) is 28.7 Å². The van der Waals surface area contributed by atoms with Gasteiger partial charge in [0.1, 0.15) is 23.9 Å². The van der Waals surface area contributed by atoms with Crippen molar-refractivity contribution in [3.63, 3.8) is 0 Å². The minimum atomic E-state index is -0.839. The Morgan fingerprint density at radius 2 is 1.81 bits per heavy atom. The lowest BCUT2D eigenvalue weighted by Gasteiger charge is -2.24. The summed E-state index contributed by atoms with van der Waals surface area (Å²) in [6.45, 7) is 8.66. The number of benzene rings is 3. The average Bonchev–Trinajstić information content (AvgIpc) is 2.85. The predicted molar refractivity (Wildman–Crippen MR) is 142 cm³/mol. The van der Waals surface area contributed by atoms with Crippen LogP contribution in [0.25, 0.3) is 11.1 Å². The molecule has 0 saturated heterocycles. The fourth-order valence-electron chi connectivity index (χ4n) is 4.16. The van der Waals surface area contributed by atoms with E-state index in [0.29, 0.717) is 23.7 Å². The van der Waals surface area contributed by atoms with Crippen LogP contribution in [0.5, 0.6) is 11.5 Å². The highest BCUT2D eigenvalue weighted by atomic mass is 19.1. The van der Waals surface area contributed by atoms with E-state index in [1.807, 2.05) is 55.5 Å². The lowest BCUT2D eigenvalue weighted by Crippen LogP contribution is -2.14. The Labute approximate surface area is 213 Å². The zero-order valence-corrected chi connectivity index (χ0v) is 21.7. The first-order valence-corrected chi connectivity index (χ1v) is 12.2. The van der Waals surface area contributed by atoms with Gasteiger partial charge in [-0.3, -0.25) is 4.79 Å². The largest absolute Gasteiger partial charge is 0.497 e. The van der Waals surface area contributed by atoms with Crippen LogP contribution in [0.4, 0.5) is 4.39 Å². The van der Waals surface area contributed by atoms with Crippen LogP contribution < -0.4 is 9.47 Å². The highest BCUT2D eigenvalue weighted by molar-refractivity contribution is 5.71. The molecule has 0 aliphatic carbocycles. The van der Waals surface area contributed by atoms with Crippen LogP contribution in [-0.2, 0) is 16.8 Å². The Balaban J connectivity index is 1.87. The second-order valence-corrected chi connectivity index (χ2v) is 9.88. The lowest BCUT2D eigenvalue weighted by atomic mass is 9.81. The number of allylic oxidation sites excluding steroid dienone is 2. The standard InChI is InChI=1S/C31H35FO4/c1-6-7-9-23(18-30(33)34)22-10-8-11-25(17-22)36-20-21-12-14-26(28(16-21)31(2,3)4)27-19-24(35-5)13-15-29(27)32/h7-17,19,23H,6,18,20H2,1-5H3,(H,33,34)/t23-/m0/s1. The van der Waals surface area contributed by atoms with Gasteiger partial charge in [0.25, 0.3) is 0 Å². The molecule has 36 heavy (non-hydrogen) atoms. The maximum absolute atomic E-state index is 14.8. The summed E-state index contributed by atoms with van der Waals surface area (Å²) in [5, 5.41) is 9.31. The van der Waals surface area contributed by atoms with Crippen molar-refractivity contribution < 1.29 is 23.8 Å². The van der Waals surface area contributed by atoms with Crippen molar-refractivity contribution in [1.82, 2.24) is 0 Å². The van der Waals surface area contributed by atoms with Crippen molar-refractivity contribution in [2.75, 3.05) is 7.11 Å². The molecule has 0 heterocycles. The van der Waals surface area contributed by atoms with Gasteiger partial charge in [-0.25, -0.2) is 4.39 Å². The minimum Gasteiger partial charge on any atom is -0.497 e. The molecule has 0 fully saturated rings. The molecular weight excluding hydrogens is 455 g/mol. The number of ether oxygens (including phenoxy) is 2. The molecule has 3 aromatic carbocycles. The summed E-state index contributed by atoms with van der Waals surface area (Å²) in [4.78, 5) is 11.3. The molecular formula is C31H35FO4. The zero-order chi connectivity index (χ0) is 26.3. The van der Waals surface area contributed by atoms with Gasteiger partial charge in [-0.15, -0.1) is 0 Å². The lowest BCUT2D eigenvalue weighted by molar-refractivity contribution is -0.137. The molecule has 0 bridgehead atoms. The number of methoxy groups -OCH3 is 1. The number of hydrogen-bond acceptors (Lipinski definition) is 3. The fourth-order valence-corrected chi connectivity index (χ4v) is 4.16. The maximum Gasteiger partial charge on any atom is 0.304 e. The number of hydrogen-bond donors (Lipinski definition) is 1. The first-order valence-electron chi connectivity index (χ1n) is 12.2. The predicted octanol–water partition coefficient (Wildman–Crippen LogP) is 7.90. The molecule has 3 aromatic rings.